The van der Waals surface area contributed by atoms with Crippen LogP contribution in [0.3, 0.4) is 0 Å². The summed E-state index contributed by atoms with van der Waals surface area (Å²) in [5.74, 6) is 0.964. The number of nitrogens with two attached hydrogens (primary N) is 1. The molecule has 98 valence electrons. The Hall–Kier alpha value is -1.07. The van der Waals surface area contributed by atoms with Crippen LogP contribution in [0.4, 0.5) is 0 Å². The highest BCUT2D eigenvalue weighted by atomic mass is 32.2. The third-order valence-electron chi connectivity index (χ3n) is 2.43. The van der Waals surface area contributed by atoms with E-state index in [0.717, 1.165) is 16.9 Å². The Balaban J connectivity index is 2.51. The van der Waals surface area contributed by atoms with Crippen LogP contribution in [0.5, 0.6) is 0 Å². The van der Waals surface area contributed by atoms with Crippen molar-refractivity contribution in [2.75, 3.05) is 12.0 Å². The number of rotatable bonds is 6. The lowest BCUT2D eigenvalue weighted by atomic mass is 10.1. The fraction of sp³-hybridized carbons (Fsp3) is 0.385. The lowest BCUT2D eigenvalue weighted by Gasteiger charge is -2.12. The van der Waals surface area contributed by atoms with Gasteiger partial charge in [0, 0.05) is 17.4 Å². The van der Waals surface area contributed by atoms with E-state index >= 15 is 0 Å². The summed E-state index contributed by atoms with van der Waals surface area (Å²) < 4.78 is 0. The molecule has 0 radical (unpaired) electrons. The first-order valence-electron chi connectivity index (χ1n) is 5.70. The fourth-order valence-electron chi connectivity index (χ4n) is 1.59. The van der Waals surface area contributed by atoms with Gasteiger partial charge in [0.25, 0.3) is 0 Å². The Morgan fingerprint density at radius 1 is 1.44 bits per heavy atom. The van der Waals surface area contributed by atoms with E-state index < -0.39 is 0 Å². The first-order valence-corrected chi connectivity index (χ1v) is 7.50. The van der Waals surface area contributed by atoms with Crippen molar-refractivity contribution in [3.8, 4) is 0 Å². The molecule has 0 spiro atoms. The molecule has 18 heavy (non-hydrogen) atoms. The molecule has 0 saturated heterocycles. The van der Waals surface area contributed by atoms with Gasteiger partial charge in [0.1, 0.15) is 4.99 Å². The maximum Gasteiger partial charge on any atom is 0.224 e. The van der Waals surface area contributed by atoms with Gasteiger partial charge in [0.05, 0.1) is 6.42 Å². The average Bonchev–Trinajstić information content (AvgIpc) is 2.29. The van der Waals surface area contributed by atoms with E-state index in [1.807, 2.05) is 37.4 Å². The fourth-order valence-corrected chi connectivity index (χ4v) is 2.31. The van der Waals surface area contributed by atoms with Crippen molar-refractivity contribution >= 4 is 34.9 Å². The van der Waals surface area contributed by atoms with E-state index in [-0.39, 0.29) is 11.9 Å². The second-order valence-electron chi connectivity index (χ2n) is 4.16. The monoisotopic (exact) mass is 282 g/mol. The molecule has 0 aliphatic rings. The Morgan fingerprint density at radius 3 is 2.56 bits per heavy atom. The Kier molecular flexibility index (Phi) is 6.15. The molecule has 1 amide bonds. The molecule has 3 nitrogen and oxygen atoms in total. The van der Waals surface area contributed by atoms with Gasteiger partial charge in [-0.2, -0.15) is 11.8 Å². The van der Waals surface area contributed by atoms with Crippen molar-refractivity contribution in [1.29, 1.82) is 0 Å². The number of thiocarbonyl (C=S) groups is 1. The third-order valence-corrected chi connectivity index (χ3v) is 3.50. The zero-order chi connectivity index (χ0) is 13.5. The lowest BCUT2D eigenvalue weighted by Crippen LogP contribution is -2.35. The molecule has 0 saturated carbocycles. The maximum absolute atomic E-state index is 11.7. The van der Waals surface area contributed by atoms with Gasteiger partial charge in [-0.3, -0.25) is 4.79 Å². The summed E-state index contributed by atoms with van der Waals surface area (Å²) in [4.78, 5) is 12.1. The van der Waals surface area contributed by atoms with E-state index in [9.17, 15) is 4.79 Å². The molecule has 0 aliphatic heterocycles. The van der Waals surface area contributed by atoms with Gasteiger partial charge < -0.3 is 11.1 Å². The molecule has 1 aromatic carbocycles. The molecule has 0 aromatic heterocycles. The molecular weight excluding hydrogens is 264 g/mol. The van der Waals surface area contributed by atoms with E-state index in [0.29, 0.717) is 11.4 Å². The topological polar surface area (TPSA) is 55.1 Å². The predicted molar refractivity (Wildman–Crippen MR) is 82.0 cm³/mol. The van der Waals surface area contributed by atoms with Crippen LogP contribution in [-0.4, -0.2) is 28.9 Å². The minimum Gasteiger partial charge on any atom is -0.389 e. The Bertz CT molecular complexity index is 418. The lowest BCUT2D eigenvalue weighted by molar-refractivity contribution is -0.120. The number of hydrogen-bond donors (Lipinski definition) is 2. The highest BCUT2D eigenvalue weighted by Crippen LogP contribution is 2.05. The van der Waals surface area contributed by atoms with Crippen molar-refractivity contribution in [2.24, 2.45) is 5.73 Å². The summed E-state index contributed by atoms with van der Waals surface area (Å²) in [5, 5.41) is 2.96. The quantitative estimate of drug-likeness (QED) is 0.780. The van der Waals surface area contributed by atoms with Crippen LogP contribution >= 0.6 is 24.0 Å². The van der Waals surface area contributed by atoms with E-state index in [4.69, 9.17) is 18.0 Å². The van der Waals surface area contributed by atoms with E-state index in [2.05, 4.69) is 5.32 Å². The third kappa shape index (κ3) is 5.06. The number of carbonyl (C=O) groups excluding carboxylic acids is 1. The molecular formula is C13H18N2OS2. The minimum atomic E-state index is 0.0413. The molecule has 0 heterocycles. The van der Waals surface area contributed by atoms with E-state index in [1.165, 1.54) is 0 Å². The smallest absolute Gasteiger partial charge is 0.224 e. The van der Waals surface area contributed by atoms with Gasteiger partial charge in [-0.05, 0) is 18.7 Å². The number of carbonyl (C=O) groups is 1. The van der Waals surface area contributed by atoms with Crippen molar-refractivity contribution in [3.63, 3.8) is 0 Å². The van der Waals surface area contributed by atoms with Crippen LogP contribution in [0.15, 0.2) is 24.3 Å². The first-order chi connectivity index (χ1) is 8.52. The van der Waals surface area contributed by atoms with Gasteiger partial charge in [-0.1, -0.05) is 36.5 Å². The van der Waals surface area contributed by atoms with Crippen molar-refractivity contribution in [3.05, 3.63) is 35.4 Å². The normalized spacial score (nSPS) is 11.9. The number of nitrogens with one attached hydrogen (secondary N) is 1. The number of amides is 1. The van der Waals surface area contributed by atoms with Crippen molar-refractivity contribution in [2.45, 2.75) is 19.4 Å². The zero-order valence-electron chi connectivity index (χ0n) is 10.6. The summed E-state index contributed by atoms with van der Waals surface area (Å²) in [5.41, 5.74) is 7.30. The number of thioether (sulfide) groups is 1. The van der Waals surface area contributed by atoms with Crippen molar-refractivity contribution in [1.82, 2.24) is 5.32 Å². The number of benzene rings is 1. The standard InChI is InChI=1S/C13H18N2OS2/c1-9(8-18-2)15-12(16)7-10-3-5-11(6-4-10)13(14)17/h3-6,9H,7-8H2,1-2H3,(H2,14,17)(H,15,16). The van der Waals surface area contributed by atoms with Gasteiger partial charge in [0.2, 0.25) is 5.91 Å². The van der Waals surface area contributed by atoms with Crippen LogP contribution in [0.25, 0.3) is 0 Å². The Labute approximate surface area is 118 Å². The largest absolute Gasteiger partial charge is 0.389 e. The summed E-state index contributed by atoms with van der Waals surface area (Å²) in [7, 11) is 0. The average molecular weight is 282 g/mol. The zero-order valence-corrected chi connectivity index (χ0v) is 12.2. The molecule has 0 aliphatic carbocycles. The highest BCUT2D eigenvalue weighted by molar-refractivity contribution is 7.98. The molecule has 1 atom stereocenters. The van der Waals surface area contributed by atoms with Crippen LogP contribution in [0.2, 0.25) is 0 Å². The molecule has 0 bridgehead atoms. The molecule has 1 rings (SSSR count). The molecule has 0 fully saturated rings. The first kappa shape index (κ1) is 15.0. The molecule has 5 heteroatoms. The van der Waals surface area contributed by atoms with Gasteiger partial charge in [0.15, 0.2) is 0 Å². The van der Waals surface area contributed by atoms with Gasteiger partial charge >= 0.3 is 0 Å². The molecule has 1 unspecified atom stereocenters. The van der Waals surface area contributed by atoms with Crippen LogP contribution in [0.1, 0.15) is 18.1 Å². The van der Waals surface area contributed by atoms with Crippen LogP contribution < -0.4 is 11.1 Å². The van der Waals surface area contributed by atoms with Gasteiger partial charge in [-0.25, -0.2) is 0 Å². The predicted octanol–water partition coefficient (Wildman–Crippen LogP) is 1.73. The minimum absolute atomic E-state index is 0.0413. The second-order valence-corrected chi connectivity index (χ2v) is 5.51. The van der Waals surface area contributed by atoms with E-state index in [1.54, 1.807) is 11.8 Å². The van der Waals surface area contributed by atoms with Gasteiger partial charge in [-0.15, -0.1) is 0 Å². The molecule has 1 aromatic rings. The van der Waals surface area contributed by atoms with Crippen molar-refractivity contribution < 1.29 is 4.79 Å². The summed E-state index contributed by atoms with van der Waals surface area (Å²) in [6.45, 7) is 2.00. The summed E-state index contributed by atoms with van der Waals surface area (Å²) in [6.07, 6.45) is 2.41. The Morgan fingerprint density at radius 2 is 2.06 bits per heavy atom. The number of hydrogen-bond acceptors (Lipinski definition) is 3. The molecule has 3 N–H and O–H groups in total. The highest BCUT2D eigenvalue weighted by Gasteiger charge is 2.07. The summed E-state index contributed by atoms with van der Waals surface area (Å²) >= 11 is 6.60. The van der Waals surface area contributed by atoms with Crippen LogP contribution in [-0.2, 0) is 11.2 Å². The second kappa shape index (κ2) is 7.38. The van der Waals surface area contributed by atoms with Crippen LogP contribution in [0, 0.1) is 0 Å². The maximum atomic E-state index is 11.7. The summed E-state index contributed by atoms with van der Waals surface area (Å²) in [6, 6.07) is 7.65. The SMILES string of the molecule is CSCC(C)NC(=O)Cc1ccc(C(N)=S)cc1.